The summed E-state index contributed by atoms with van der Waals surface area (Å²) in [5, 5.41) is 3.80. The molecule has 3 rings (SSSR count). The van der Waals surface area contributed by atoms with Crippen molar-refractivity contribution >= 4 is 51.1 Å². The number of carbonyl (C=O) groups is 1. The number of amides is 1. The maximum Gasteiger partial charge on any atom is 0.264 e. The van der Waals surface area contributed by atoms with Crippen LogP contribution in [-0.2, 0) is 4.79 Å². The van der Waals surface area contributed by atoms with Crippen molar-refractivity contribution in [2.75, 3.05) is 5.73 Å². The first-order chi connectivity index (χ1) is 9.70. The first-order valence-corrected chi connectivity index (χ1v) is 7.40. The molecule has 100 valence electrons. The minimum absolute atomic E-state index is 0.156. The molecule has 1 fully saturated rings. The number of aliphatic imine (C=N–C) groups is 1. The highest BCUT2D eigenvalue weighted by atomic mass is 32.2. The SMILES string of the molecule is Nc1ncc(/C=C2\S/C(=N\c3ccccc3)NC2=O)s1. The molecule has 20 heavy (non-hydrogen) atoms. The van der Waals surface area contributed by atoms with E-state index in [0.29, 0.717) is 15.2 Å². The quantitative estimate of drug-likeness (QED) is 0.836. The number of nitrogens with two attached hydrogens (primary N) is 1. The molecule has 0 saturated carbocycles. The van der Waals surface area contributed by atoms with Crippen molar-refractivity contribution in [1.82, 2.24) is 10.3 Å². The molecule has 0 aliphatic carbocycles. The van der Waals surface area contributed by atoms with E-state index in [1.54, 1.807) is 12.3 Å². The van der Waals surface area contributed by atoms with E-state index >= 15 is 0 Å². The molecule has 5 nitrogen and oxygen atoms in total. The van der Waals surface area contributed by atoms with Crippen LogP contribution >= 0.6 is 23.1 Å². The molecule has 7 heteroatoms. The number of thioether (sulfide) groups is 1. The number of hydrogen-bond acceptors (Lipinski definition) is 6. The van der Waals surface area contributed by atoms with E-state index in [1.165, 1.54) is 23.1 Å². The maximum atomic E-state index is 11.9. The Bertz CT molecular complexity index is 706. The first kappa shape index (κ1) is 12.9. The van der Waals surface area contributed by atoms with Crippen LogP contribution in [0.2, 0.25) is 0 Å². The molecule has 0 spiro atoms. The van der Waals surface area contributed by atoms with Crippen LogP contribution < -0.4 is 11.1 Å². The minimum atomic E-state index is -0.156. The van der Waals surface area contributed by atoms with Gasteiger partial charge in [0.15, 0.2) is 10.3 Å². The molecule has 1 saturated heterocycles. The van der Waals surface area contributed by atoms with E-state index in [2.05, 4.69) is 15.3 Å². The fourth-order valence-corrected chi connectivity index (χ4v) is 3.13. The van der Waals surface area contributed by atoms with Gasteiger partial charge in [0.1, 0.15) is 0 Å². The standard InChI is InChI=1S/C13H10N4OS2/c14-12-15-7-9(19-12)6-10-11(18)17-13(20-10)16-8-4-2-1-3-5-8/h1-7H,(H2,14,15)(H,16,17,18)/b10-6-. The van der Waals surface area contributed by atoms with Crippen LogP contribution in [0.25, 0.3) is 6.08 Å². The zero-order valence-corrected chi connectivity index (χ0v) is 11.9. The number of nitrogen functional groups attached to an aromatic ring is 1. The highest BCUT2D eigenvalue weighted by molar-refractivity contribution is 8.18. The molecule has 1 aliphatic heterocycles. The van der Waals surface area contributed by atoms with Gasteiger partial charge in [-0.05, 0) is 30.0 Å². The topological polar surface area (TPSA) is 80.4 Å². The van der Waals surface area contributed by atoms with Crippen LogP contribution in [0.1, 0.15) is 4.88 Å². The Hall–Kier alpha value is -2.12. The van der Waals surface area contributed by atoms with Crippen molar-refractivity contribution in [2.45, 2.75) is 0 Å². The lowest BCUT2D eigenvalue weighted by atomic mass is 10.3. The van der Waals surface area contributed by atoms with E-state index in [4.69, 9.17) is 5.73 Å². The van der Waals surface area contributed by atoms with Crippen molar-refractivity contribution in [1.29, 1.82) is 0 Å². The van der Waals surface area contributed by atoms with Gasteiger partial charge in [0.2, 0.25) is 0 Å². The average Bonchev–Trinajstić information content (AvgIpc) is 2.98. The summed E-state index contributed by atoms with van der Waals surface area (Å²) in [5.41, 5.74) is 6.37. The lowest BCUT2D eigenvalue weighted by Gasteiger charge is -1.94. The van der Waals surface area contributed by atoms with Crippen molar-refractivity contribution in [3.05, 3.63) is 46.3 Å². The summed E-state index contributed by atoms with van der Waals surface area (Å²) >= 11 is 2.65. The summed E-state index contributed by atoms with van der Waals surface area (Å²) in [6, 6.07) is 9.48. The zero-order valence-electron chi connectivity index (χ0n) is 10.2. The molecule has 3 N–H and O–H groups in total. The van der Waals surface area contributed by atoms with Gasteiger partial charge in [-0.25, -0.2) is 9.98 Å². The van der Waals surface area contributed by atoms with E-state index in [0.717, 1.165) is 10.6 Å². The molecule has 2 aromatic rings. The molecule has 1 aromatic carbocycles. The van der Waals surface area contributed by atoms with Gasteiger partial charge in [0.05, 0.1) is 15.5 Å². The second kappa shape index (κ2) is 5.48. The number of anilines is 1. The van der Waals surface area contributed by atoms with Crippen LogP contribution in [0.4, 0.5) is 10.8 Å². The number of nitrogens with zero attached hydrogens (tertiary/aromatic N) is 2. The number of benzene rings is 1. The summed E-state index contributed by atoms with van der Waals surface area (Å²) in [6.07, 6.45) is 3.41. The summed E-state index contributed by atoms with van der Waals surface area (Å²) in [7, 11) is 0. The Labute approximate surface area is 123 Å². The highest BCUT2D eigenvalue weighted by Gasteiger charge is 2.23. The Morgan fingerprint density at radius 3 is 2.80 bits per heavy atom. The number of hydrogen-bond donors (Lipinski definition) is 2. The summed E-state index contributed by atoms with van der Waals surface area (Å²) in [4.78, 5) is 21.6. The number of aromatic nitrogens is 1. The predicted molar refractivity (Wildman–Crippen MR) is 83.8 cm³/mol. The van der Waals surface area contributed by atoms with E-state index < -0.39 is 0 Å². The van der Waals surface area contributed by atoms with Gasteiger partial charge in [-0.2, -0.15) is 0 Å². The average molecular weight is 302 g/mol. The van der Waals surface area contributed by atoms with Gasteiger partial charge in [-0.3, -0.25) is 4.79 Å². The smallest absolute Gasteiger partial charge is 0.264 e. The molecule has 0 atom stereocenters. The Morgan fingerprint density at radius 1 is 1.30 bits per heavy atom. The Kier molecular flexibility index (Phi) is 3.53. The Balaban J connectivity index is 1.82. The number of thiazole rings is 1. The number of para-hydroxylation sites is 1. The minimum Gasteiger partial charge on any atom is -0.375 e. The predicted octanol–water partition coefficient (Wildman–Crippen LogP) is 2.62. The third kappa shape index (κ3) is 2.89. The Morgan fingerprint density at radius 2 is 2.10 bits per heavy atom. The number of amidine groups is 1. The molecular weight excluding hydrogens is 292 g/mol. The van der Waals surface area contributed by atoms with Crippen molar-refractivity contribution in [2.24, 2.45) is 4.99 Å². The lowest BCUT2D eigenvalue weighted by Crippen LogP contribution is -2.19. The van der Waals surface area contributed by atoms with Crippen LogP contribution in [0.3, 0.4) is 0 Å². The molecule has 0 radical (unpaired) electrons. The highest BCUT2D eigenvalue weighted by Crippen LogP contribution is 2.29. The monoisotopic (exact) mass is 302 g/mol. The van der Waals surface area contributed by atoms with Crippen molar-refractivity contribution in [3.8, 4) is 0 Å². The van der Waals surface area contributed by atoms with Gasteiger partial charge in [0.25, 0.3) is 5.91 Å². The molecule has 1 aromatic heterocycles. The third-order valence-electron chi connectivity index (χ3n) is 2.45. The maximum absolute atomic E-state index is 11.9. The van der Waals surface area contributed by atoms with Crippen LogP contribution in [0.5, 0.6) is 0 Å². The molecular formula is C13H10N4OS2. The fourth-order valence-electron chi connectivity index (χ4n) is 1.60. The van der Waals surface area contributed by atoms with E-state index in [9.17, 15) is 4.79 Å². The van der Waals surface area contributed by atoms with Gasteiger partial charge in [-0.1, -0.05) is 29.5 Å². The second-order valence-electron chi connectivity index (χ2n) is 3.92. The second-order valence-corrected chi connectivity index (χ2v) is 6.04. The molecule has 0 bridgehead atoms. The van der Waals surface area contributed by atoms with Gasteiger partial charge in [0, 0.05) is 6.20 Å². The number of carbonyl (C=O) groups excluding carboxylic acids is 1. The molecule has 1 amide bonds. The molecule has 0 unspecified atom stereocenters. The normalized spacial score (nSPS) is 18.7. The van der Waals surface area contributed by atoms with Crippen molar-refractivity contribution in [3.63, 3.8) is 0 Å². The van der Waals surface area contributed by atoms with Gasteiger partial charge < -0.3 is 11.1 Å². The summed E-state index contributed by atoms with van der Waals surface area (Å²) < 4.78 is 0. The zero-order chi connectivity index (χ0) is 13.9. The largest absolute Gasteiger partial charge is 0.375 e. The fraction of sp³-hybridized carbons (Fsp3) is 0. The molecule has 2 heterocycles. The summed E-state index contributed by atoms with van der Waals surface area (Å²) in [6.45, 7) is 0. The van der Waals surface area contributed by atoms with Crippen LogP contribution in [-0.4, -0.2) is 16.1 Å². The lowest BCUT2D eigenvalue weighted by molar-refractivity contribution is -0.115. The summed E-state index contributed by atoms with van der Waals surface area (Å²) in [5.74, 6) is -0.156. The van der Waals surface area contributed by atoms with Crippen molar-refractivity contribution < 1.29 is 4.79 Å². The van der Waals surface area contributed by atoms with Crippen LogP contribution in [0.15, 0.2) is 46.4 Å². The third-order valence-corrected chi connectivity index (χ3v) is 4.14. The van der Waals surface area contributed by atoms with Gasteiger partial charge >= 0.3 is 0 Å². The van der Waals surface area contributed by atoms with Crippen LogP contribution in [0, 0.1) is 0 Å². The number of rotatable bonds is 2. The first-order valence-electron chi connectivity index (χ1n) is 5.77. The number of nitrogens with one attached hydrogen (secondary N) is 1. The molecule has 1 aliphatic rings. The van der Waals surface area contributed by atoms with E-state index in [1.807, 2.05) is 30.3 Å². The van der Waals surface area contributed by atoms with Gasteiger partial charge in [-0.15, -0.1) is 0 Å². The van der Waals surface area contributed by atoms with E-state index in [-0.39, 0.29) is 5.91 Å².